The van der Waals surface area contributed by atoms with Crippen molar-refractivity contribution in [1.82, 2.24) is 10.2 Å². The van der Waals surface area contributed by atoms with Crippen molar-refractivity contribution < 1.29 is 27.5 Å². The van der Waals surface area contributed by atoms with Crippen LogP contribution in [0.3, 0.4) is 0 Å². The molecule has 1 atom stereocenters. The summed E-state index contributed by atoms with van der Waals surface area (Å²) in [5, 5.41) is 3.34. The molecule has 0 radical (unpaired) electrons. The number of anilines is 1. The normalized spacial score (nSPS) is 11.8. The minimum atomic E-state index is -4.35. The van der Waals surface area contributed by atoms with Crippen LogP contribution in [0.5, 0.6) is 11.5 Å². The molecular weight excluding hydrogens is 706 g/mol. The Morgan fingerprint density at radius 3 is 2.15 bits per heavy atom. The number of methoxy groups -OCH3 is 2. The number of rotatable bonds is 15. The van der Waals surface area contributed by atoms with Gasteiger partial charge < -0.3 is 19.7 Å². The second kappa shape index (κ2) is 16.7. The van der Waals surface area contributed by atoms with Crippen LogP contribution in [0, 0.1) is 0 Å². The van der Waals surface area contributed by atoms with E-state index in [0.717, 1.165) is 19.9 Å². The van der Waals surface area contributed by atoms with Crippen LogP contribution in [0.2, 0.25) is 5.02 Å². The molecule has 47 heavy (non-hydrogen) atoms. The van der Waals surface area contributed by atoms with Crippen molar-refractivity contribution >= 4 is 55.1 Å². The van der Waals surface area contributed by atoms with E-state index in [1.54, 1.807) is 12.1 Å². The van der Waals surface area contributed by atoms with Gasteiger partial charge in [-0.25, -0.2) is 8.42 Å². The zero-order chi connectivity index (χ0) is 34.0. The molecular formula is C35H37BrClN3O6S. The van der Waals surface area contributed by atoms with E-state index >= 15 is 0 Å². The first kappa shape index (κ1) is 35.8. The van der Waals surface area contributed by atoms with E-state index in [0.29, 0.717) is 23.7 Å². The fourth-order valence-corrected chi connectivity index (χ4v) is 6.77. The predicted molar refractivity (Wildman–Crippen MR) is 187 cm³/mol. The largest absolute Gasteiger partial charge is 0.493 e. The first-order chi connectivity index (χ1) is 22.6. The lowest BCUT2D eigenvalue weighted by Gasteiger charge is -2.34. The average molecular weight is 743 g/mol. The van der Waals surface area contributed by atoms with Gasteiger partial charge in [0.25, 0.3) is 10.0 Å². The molecule has 4 aromatic rings. The van der Waals surface area contributed by atoms with Gasteiger partial charge in [0.05, 0.1) is 24.8 Å². The van der Waals surface area contributed by atoms with Crippen LogP contribution in [0.1, 0.15) is 24.5 Å². The Morgan fingerprint density at radius 2 is 1.53 bits per heavy atom. The van der Waals surface area contributed by atoms with Crippen LogP contribution in [-0.4, -0.2) is 58.5 Å². The zero-order valence-corrected chi connectivity index (χ0v) is 29.5. The van der Waals surface area contributed by atoms with Gasteiger partial charge in [0.15, 0.2) is 11.5 Å². The molecule has 0 spiro atoms. The van der Waals surface area contributed by atoms with E-state index in [2.05, 4.69) is 21.2 Å². The lowest BCUT2D eigenvalue weighted by molar-refractivity contribution is -0.140. The van der Waals surface area contributed by atoms with Gasteiger partial charge in [-0.3, -0.25) is 13.9 Å². The second-order valence-electron chi connectivity index (χ2n) is 10.6. The molecule has 0 fully saturated rings. The quantitative estimate of drug-likeness (QED) is 0.150. The summed E-state index contributed by atoms with van der Waals surface area (Å²) in [7, 11) is -1.49. The van der Waals surface area contributed by atoms with E-state index in [1.807, 2.05) is 61.5 Å². The van der Waals surface area contributed by atoms with Gasteiger partial charge >= 0.3 is 0 Å². The molecule has 0 aliphatic heterocycles. The van der Waals surface area contributed by atoms with Crippen molar-refractivity contribution in [3.63, 3.8) is 0 Å². The highest BCUT2D eigenvalue weighted by Crippen LogP contribution is 2.33. The van der Waals surface area contributed by atoms with Crippen LogP contribution < -0.4 is 19.1 Å². The lowest BCUT2D eigenvalue weighted by atomic mass is 10.0. The Kier molecular flexibility index (Phi) is 12.7. The predicted octanol–water partition coefficient (Wildman–Crippen LogP) is 6.48. The SMILES string of the molecule is CCCNC(=O)[C@H](Cc1ccccc1)N(Cc1ccc(Br)cc1)C(=O)CN(c1ccc(Cl)cc1)S(=O)(=O)c1ccc(OC)c(OC)c1. The molecule has 0 aromatic heterocycles. The Balaban J connectivity index is 1.81. The van der Waals surface area contributed by atoms with E-state index in [-0.39, 0.29) is 35.2 Å². The molecule has 0 aliphatic carbocycles. The molecule has 0 heterocycles. The summed E-state index contributed by atoms with van der Waals surface area (Å²) in [5.74, 6) is -0.340. The number of amides is 2. The highest BCUT2D eigenvalue weighted by atomic mass is 79.9. The summed E-state index contributed by atoms with van der Waals surface area (Å²) < 4.78 is 41.2. The Bertz CT molecular complexity index is 1760. The van der Waals surface area contributed by atoms with E-state index < -0.39 is 28.5 Å². The van der Waals surface area contributed by atoms with Crippen LogP contribution in [-0.2, 0) is 32.6 Å². The molecule has 0 saturated heterocycles. The summed E-state index contributed by atoms with van der Waals surface area (Å²) in [6, 6.07) is 26.3. The molecule has 4 aromatic carbocycles. The van der Waals surface area contributed by atoms with Crippen molar-refractivity contribution in [2.24, 2.45) is 0 Å². The van der Waals surface area contributed by atoms with Crippen LogP contribution in [0.15, 0.2) is 106 Å². The van der Waals surface area contributed by atoms with Gasteiger partial charge in [-0.15, -0.1) is 0 Å². The van der Waals surface area contributed by atoms with Crippen molar-refractivity contribution in [2.45, 2.75) is 37.2 Å². The summed E-state index contributed by atoms with van der Waals surface area (Å²) in [6.45, 7) is 1.84. The van der Waals surface area contributed by atoms with Gasteiger partial charge in [0.1, 0.15) is 12.6 Å². The Morgan fingerprint density at radius 1 is 0.872 bits per heavy atom. The van der Waals surface area contributed by atoms with Crippen LogP contribution in [0.25, 0.3) is 0 Å². The summed E-state index contributed by atoms with van der Waals surface area (Å²) in [4.78, 5) is 29.6. The van der Waals surface area contributed by atoms with Crippen molar-refractivity contribution in [3.8, 4) is 11.5 Å². The third kappa shape index (κ3) is 9.27. The topological polar surface area (TPSA) is 105 Å². The first-order valence-corrected chi connectivity index (χ1v) is 17.5. The van der Waals surface area contributed by atoms with Crippen molar-refractivity contribution in [1.29, 1.82) is 0 Å². The fraction of sp³-hybridized carbons (Fsp3) is 0.257. The number of sulfonamides is 1. The molecule has 248 valence electrons. The monoisotopic (exact) mass is 741 g/mol. The van der Waals surface area contributed by atoms with Gasteiger partial charge in [-0.2, -0.15) is 0 Å². The lowest BCUT2D eigenvalue weighted by Crippen LogP contribution is -2.53. The van der Waals surface area contributed by atoms with Crippen molar-refractivity contribution in [3.05, 3.63) is 118 Å². The molecule has 9 nitrogen and oxygen atoms in total. The summed E-state index contributed by atoms with van der Waals surface area (Å²) >= 11 is 9.60. The van der Waals surface area contributed by atoms with Crippen LogP contribution in [0.4, 0.5) is 5.69 Å². The standard InChI is InChI=1S/C35H37BrClN3O6S/c1-4-20-38-35(42)31(21-25-8-6-5-7-9-25)39(23-26-10-12-27(36)13-11-26)34(41)24-40(29-16-14-28(37)15-17-29)47(43,44)30-18-19-32(45-2)33(22-30)46-3/h5-19,22,31H,4,20-21,23-24H2,1-3H3,(H,38,42)/t31-/m0/s1. The average Bonchev–Trinajstić information content (AvgIpc) is 3.08. The molecule has 12 heteroatoms. The maximum absolute atomic E-state index is 14.5. The van der Waals surface area contributed by atoms with Gasteiger partial charge in [-0.05, 0) is 66.1 Å². The summed E-state index contributed by atoms with van der Waals surface area (Å²) in [6.07, 6.45) is 0.931. The number of ether oxygens (including phenoxy) is 2. The molecule has 2 amide bonds. The minimum absolute atomic E-state index is 0.0635. The van der Waals surface area contributed by atoms with Gasteiger partial charge in [0, 0.05) is 35.1 Å². The molecule has 4 rings (SSSR count). The van der Waals surface area contributed by atoms with Crippen molar-refractivity contribution in [2.75, 3.05) is 31.6 Å². The molecule has 1 N–H and O–H groups in total. The highest BCUT2D eigenvalue weighted by Gasteiger charge is 2.35. The number of carbonyl (C=O) groups is 2. The Labute approximate surface area is 289 Å². The zero-order valence-electron chi connectivity index (χ0n) is 26.4. The number of nitrogens with one attached hydrogen (secondary N) is 1. The number of halogens is 2. The molecule has 0 aliphatic rings. The van der Waals surface area contributed by atoms with E-state index in [1.165, 1.54) is 49.5 Å². The smallest absolute Gasteiger partial charge is 0.264 e. The van der Waals surface area contributed by atoms with E-state index in [9.17, 15) is 18.0 Å². The molecule has 0 bridgehead atoms. The first-order valence-electron chi connectivity index (χ1n) is 14.9. The number of hydrogen-bond donors (Lipinski definition) is 1. The number of carbonyl (C=O) groups excluding carboxylic acids is 2. The van der Waals surface area contributed by atoms with E-state index in [4.69, 9.17) is 21.1 Å². The minimum Gasteiger partial charge on any atom is -0.493 e. The Hall–Kier alpha value is -4.06. The van der Waals surface area contributed by atoms with Crippen LogP contribution >= 0.6 is 27.5 Å². The van der Waals surface area contributed by atoms with Gasteiger partial charge in [-0.1, -0.05) is 76.9 Å². The molecule has 0 saturated carbocycles. The number of nitrogens with zero attached hydrogens (tertiary/aromatic N) is 2. The third-order valence-electron chi connectivity index (χ3n) is 7.42. The number of benzene rings is 4. The maximum Gasteiger partial charge on any atom is 0.264 e. The fourth-order valence-electron chi connectivity index (χ4n) is 4.95. The third-order valence-corrected chi connectivity index (χ3v) is 9.97. The highest BCUT2D eigenvalue weighted by molar-refractivity contribution is 9.10. The maximum atomic E-state index is 14.5. The number of hydrogen-bond acceptors (Lipinski definition) is 6. The van der Waals surface area contributed by atoms with Gasteiger partial charge in [0.2, 0.25) is 11.8 Å². The summed E-state index contributed by atoms with van der Waals surface area (Å²) in [5.41, 5.74) is 1.84. The molecule has 0 unspecified atom stereocenters. The second-order valence-corrected chi connectivity index (χ2v) is 13.9.